The SMILES string of the molecule is CCCNCc1cnccc1Oc1ccccc1C. The zero-order chi connectivity index (χ0) is 13.5. The molecule has 1 aromatic heterocycles. The molecule has 2 aromatic rings. The Hall–Kier alpha value is -1.87. The lowest BCUT2D eigenvalue weighted by Gasteiger charge is -2.12. The van der Waals surface area contributed by atoms with E-state index in [2.05, 4.69) is 17.2 Å². The van der Waals surface area contributed by atoms with Crippen LogP contribution in [0.3, 0.4) is 0 Å². The van der Waals surface area contributed by atoms with Gasteiger partial charge in [0, 0.05) is 24.5 Å². The summed E-state index contributed by atoms with van der Waals surface area (Å²) in [5.74, 6) is 1.76. The lowest BCUT2D eigenvalue weighted by molar-refractivity contribution is 0.468. The molecule has 0 atom stereocenters. The summed E-state index contributed by atoms with van der Waals surface area (Å²) in [4.78, 5) is 4.17. The second-order valence-electron chi connectivity index (χ2n) is 4.53. The minimum atomic E-state index is 0.781. The van der Waals surface area contributed by atoms with Crippen LogP contribution in [0.25, 0.3) is 0 Å². The van der Waals surface area contributed by atoms with Gasteiger partial charge < -0.3 is 10.1 Å². The van der Waals surface area contributed by atoms with Gasteiger partial charge in [-0.1, -0.05) is 25.1 Å². The number of nitrogens with one attached hydrogen (secondary N) is 1. The van der Waals surface area contributed by atoms with Crippen molar-refractivity contribution < 1.29 is 4.74 Å². The molecule has 0 bridgehead atoms. The molecule has 0 aliphatic carbocycles. The molecule has 0 saturated heterocycles. The average molecular weight is 256 g/mol. The fraction of sp³-hybridized carbons (Fsp3) is 0.312. The summed E-state index contributed by atoms with van der Waals surface area (Å²) in [6, 6.07) is 9.94. The lowest BCUT2D eigenvalue weighted by Crippen LogP contribution is -2.14. The van der Waals surface area contributed by atoms with Crippen LogP contribution in [0.4, 0.5) is 0 Å². The Morgan fingerprint density at radius 1 is 1.16 bits per heavy atom. The van der Waals surface area contributed by atoms with Gasteiger partial charge >= 0.3 is 0 Å². The maximum absolute atomic E-state index is 5.99. The van der Waals surface area contributed by atoms with Gasteiger partial charge in [0.2, 0.25) is 0 Å². The fourth-order valence-corrected chi connectivity index (χ4v) is 1.84. The van der Waals surface area contributed by atoms with Crippen molar-refractivity contribution in [3.63, 3.8) is 0 Å². The minimum absolute atomic E-state index is 0.781. The smallest absolute Gasteiger partial charge is 0.135 e. The summed E-state index contributed by atoms with van der Waals surface area (Å²) in [6.45, 7) is 5.98. The van der Waals surface area contributed by atoms with Crippen molar-refractivity contribution in [1.29, 1.82) is 0 Å². The summed E-state index contributed by atoms with van der Waals surface area (Å²) < 4.78 is 5.99. The van der Waals surface area contributed by atoms with Crippen LogP contribution in [-0.4, -0.2) is 11.5 Å². The molecular formula is C16H20N2O. The largest absolute Gasteiger partial charge is 0.457 e. The Kier molecular flexibility index (Phi) is 4.93. The van der Waals surface area contributed by atoms with Gasteiger partial charge in [-0.05, 0) is 37.6 Å². The van der Waals surface area contributed by atoms with Crippen LogP contribution in [0, 0.1) is 6.92 Å². The molecule has 0 spiro atoms. The molecule has 0 amide bonds. The van der Waals surface area contributed by atoms with Crippen molar-refractivity contribution in [3.05, 3.63) is 53.9 Å². The maximum atomic E-state index is 5.99. The van der Waals surface area contributed by atoms with Crippen LogP contribution in [0.1, 0.15) is 24.5 Å². The van der Waals surface area contributed by atoms with E-state index >= 15 is 0 Å². The Balaban J connectivity index is 2.13. The van der Waals surface area contributed by atoms with Crippen molar-refractivity contribution in [2.75, 3.05) is 6.54 Å². The second kappa shape index (κ2) is 6.90. The first kappa shape index (κ1) is 13.6. The molecule has 19 heavy (non-hydrogen) atoms. The third kappa shape index (κ3) is 3.80. The highest BCUT2D eigenvalue weighted by molar-refractivity contribution is 5.39. The molecule has 0 fully saturated rings. The van der Waals surface area contributed by atoms with Crippen LogP contribution in [-0.2, 0) is 6.54 Å². The first-order valence-electron chi connectivity index (χ1n) is 6.68. The summed E-state index contributed by atoms with van der Waals surface area (Å²) in [6.07, 6.45) is 4.74. The molecule has 3 heteroatoms. The number of aryl methyl sites for hydroxylation is 1. The molecule has 0 aliphatic heterocycles. The van der Waals surface area contributed by atoms with E-state index in [1.54, 1.807) is 6.20 Å². The van der Waals surface area contributed by atoms with E-state index in [0.29, 0.717) is 0 Å². The highest BCUT2D eigenvalue weighted by Gasteiger charge is 2.06. The van der Waals surface area contributed by atoms with Gasteiger partial charge in [-0.25, -0.2) is 0 Å². The summed E-state index contributed by atoms with van der Waals surface area (Å²) in [5.41, 5.74) is 2.21. The molecule has 2 rings (SSSR count). The van der Waals surface area contributed by atoms with Crippen LogP contribution >= 0.6 is 0 Å². The zero-order valence-corrected chi connectivity index (χ0v) is 11.5. The standard InChI is InChI=1S/C16H20N2O/c1-3-9-17-11-14-12-18-10-8-16(14)19-15-7-5-4-6-13(15)2/h4-8,10,12,17H,3,9,11H2,1-2H3. The van der Waals surface area contributed by atoms with Crippen LogP contribution in [0.15, 0.2) is 42.7 Å². The number of aromatic nitrogens is 1. The third-order valence-electron chi connectivity index (χ3n) is 2.91. The number of hydrogen-bond donors (Lipinski definition) is 1. The van der Waals surface area contributed by atoms with E-state index in [4.69, 9.17) is 4.74 Å². The number of nitrogens with zero attached hydrogens (tertiary/aromatic N) is 1. The van der Waals surface area contributed by atoms with Crippen molar-refractivity contribution in [1.82, 2.24) is 10.3 Å². The van der Waals surface area contributed by atoms with E-state index in [1.165, 1.54) is 0 Å². The van der Waals surface area contributed by atoms with Gasteiger partial charge in [-0.2, -0.15) is 0 Å². The summed E-state index contributed by atoms with van der Waals surface area (Å²) in [7, 11) is 0. The Morgan fingerprint density at radius 2 is 2.00 bits per heavy atom. The first-order chi connectivity index (χ1) is 9.31. The highest BCUT2D eigenvalue weighted by atomic mass is 16.5. The minimum Gasteiger partial charge on any atom is -0.457 e. The van der Waals surface area contributed by atoms with E-state index in [0.717, 1.165) is 42.1 Å². The molecule has 0 aliphatic rings. The van der Waals surface area contributed by atoms with Crippen molar-refractivity contribution in [2.24, 2.45) is 0 Å². The quantitative estimate of drug-likeness (QED) is 0.800. The maximum Gasteiger partial charge on any atom is 0.135 e. The van der Waals surface area contributed by atoms with E-state index in [9.17, 15) is 0 Å². The molecule has 1 aromatic carbocycles. The van der Waals surface area contributed by atoms with Gasteiger partial charge in [-0.3, -0.25) is 4.98 Å². The first-order valence-corrected chi connectivity index (χ1v) is 6.68. The fourth-order valence-electron chi connectivity index (χ4n) is 1.84. The topological polar surface area (TPSA) is 34.2 Å². The molecule has 100 valence electrons. The van der Waals surface area contributed by atoms with Gasteiger partial charge in [0.25, 0.3) is 0 Å². The second-order valence-corrected chi connectivity index (χ2v) is 4.53. The normalized spacial score (nSPS) is 10.4. The van der Waals surface area contributed by atoms with Crippen LogP contribution in [0.2, 0.25) is 0 Å². The van der Waals surface area contributed by atoms with Gasteiger partial charge in [0.15, 0.2) is 0 Å². The monoisotopic (exact) mass is 256 g/mol. The van der Waals surface area contributed by atoms with Gasteiger partial charge in [0.05, 0.1) is 0 Å². The lowest BCUT2D eigenvalue weighted by atomic mass is 10.2. The van der Waals surface area contributed by atoms with Crippen LogP contribution in [0.5, 0.6) is 11.5 Å². The average Bonchev–Trinajstić information content (AvgIpc) is 2.43. The molecule has 0 saturated carbocycles. The molecular weight excluding hydrogens is 236 g/mol. The third-order valence-corrected chi connectivity index (χ3v) is 2.91. The number of rotatable bonds is 6. The molecule has 0 radical (unpaired) electrons. The molecule has 1 heterocycles. The van der Waals surface area contributed by atoms with E-state index in [-0.39, 0.29) is 0 Å². The predicted molar refractivity (Wildman–Crippen MR) is 77.5 cm³/mol. The summed E-state index contributed by atoms with van der Waals surface area (Å²) >= 11 is 0. The molecule has 3 nitrogen and oxygen atoms in total. The number of para-hydroxylation sites is 1. The van der Waals surface area contributed by atoms with E-state index < -0.39 is 0 Å². The number of pyridine rings is 1. The van der Waals surface area contributed by atoms with Crippen LogP contribution < -0.4 is 10.1 Å². The number of hydrogen-bond acceptors (Lipinski definition) is 3. The Labute approximate surface area is 114 Å². The van der Waals surface area contributed by atoms with Gasteiger partial charge in [0.1, 0.15) is 11.5 Å². The van der Waals surface area contributed by atoms with Gasteiger partial charge in [-0.15, -0.1) is 0 Å². The molecule has 0 unspecified atom stereocenters. The number of benzene rings is 1. The van der Waals surface area contributed by atoms with E-state index in [1.807, 2.05) is 43.5 Å². The number of ether oxygens (including phenoxy) is 1. The molecule has 1 N–H and O–H groups in total. The van der Waals surface area contributed by atoms with Crippen molar-refractivity contribution in [2.45, 2.75) is 26.8 Å². The predicted octanol–water partition coefficient (Wildman–Crippen LogP) is 3.68. The summed E-state index contributed by atoms with van der Waals surface area (Å²) in [5, 5.41) is 3.37. The Morgan fingerprint density at radius 3 is 2.79 bits per heavy atom. The Bertz CT molecular complexity index is 526. The highest BCUT2D eigenvalue weighted by Crippen LogP contribution is 2.26. The van der Waals surface area contributed by atoms with Crippen molar-refractivity contribution in [3.8, 4) is 11.5 Å². The van der Waals surface area contributed by atoms with Crippen molar-refractivity contribution >= 4 is 0 Å². The zero-order valence-electron chi connectivity index (χ0n) is 11.5.